The van der Waals surface area contributed by atoms with Gasteiger partial charge >= 0.3 is 0 Å². The fourth-order valence-electron chi connectivity index (χ4n) is 2.81. The van der Waals surface area contributed by atoms with Crippen LogP contribution >= 0.6 is 0 Å². The maximum atomic E-state index is 12.2. The number of pyridine rings is 1. The molecule has 1 saturated heterocycles. The summed E-state index contributed by atoms with van der Waals surface area (Å²) in [4.78, 5) is 21.0. The van der Waals surface area contributed by atoms with E-state index in [4.69, 9.17) is 5.73 Å². The van der Waals surface area contributed by atoms with Crippen LogP contribution in [-0.4, -0.2) is 56.8 Å². The molecule has 118 valence electrons. The van der Waals surface area contributed by atoms with Crippen LogP contribution in [0.25, 0.3) is 5.65 Å². The lowest BCUT2D eigenvalue weighted by Crippen LogP contribution is -2.56. The molecule has 6 nitrogen and oxygen atoms in total. The number of hydrogen-bond donors (Lipinski definition) is 1. The van der Waals surface area contributed by atoms with Gasteiger partial charge in [0.15, 0.2) is 0 Å². The molecule has 0 saturated carbocycles. The van der Waals surface area contributed by atoms with E-state index in [0.717, 1.165) is 44.1 Å². The van der Waals surface area contributed by atoms with Crippen LogP contribution < -0.4 is 5.73 Å². The molecule has 6 heteroatoms. The maximum Gasteiger partial charge on any atom is 0.242 e. The second-order valence-electron chi connectivity index (χ2n) is 6.49. The van der Waals surface area contributed by atoms with Crippen molar-refractivity contribution >= 4 is 11.6 Å². The number of fused-ring (bicyclic) bond motifs is 1. The van der Waals surface area contributed by atoms with Gasteiger partial charge in [-0.25, -0.2) is 4.98 Å². The lowest BCUT2D eigenvalue weighted by molar-refractivity contribution is -0.137. The number of imidazole rings is 1. The van der Waals surface area contributed by atoms with Gasteiger partial charge in [0.1, 0.15) is 5.65 Å². The number of nitrogens with zero attached hydrogens (tertiary/aromatic N) is 4. The van der Waals surface area contributed by atoms with E-state index in [0.29, 0.717) is 0 Å². The molecular weight excluding hydrogens is 278 g/mol. The first-order valence-electron chi connectivity index (χ1n) is 7.67. The van der Waals surface area contributed by atoms with E-state index in [-0.39, 0.29) is 5.91 Å². The molecule has 22 heavy (non-hydrogen) atoms. The summed E-state index contributed by atoms with van der Waals surface area (Å²) in [5.74, 6) is 0.0277. The zero-order chi connectivity index (χ0) is 15.7. The molecule has 0 atom stereocenters. The Morgan fingerprint density at radius 3 is 2.64 bits per heavy atom. The summed E-state index contributed by atoms with van der Waals surface area (Å²) in [5, 5.41) is 0. The van der Waals surface area contributed by atoms with Gasteiger partial charge in [-0.1, -0.05) is 6.07 Å². The summed E-state index contributed by atoms with van der Waals surface area (Å²) in [6.07, 6.45) is 4.07. The van der Waals surface area contributed by atoms with Gasteiger partial charge in [0.2, 0.25) is 5.91 Å². The Kier molecular flexibility index (Phi) is 3.88. The molecule has 1 amide bonds. The fourth-order valence-corrected chi connectivity index (χ4v) is 2.81. The number of hydrogen-bond acceptors (Lipinski definition) is 4. The second kappa shape index (κ2) is 5.70. The zero-order valence-electron chi connectivity index (χ0n) is 13.2. The molecule has 0 aliphatic carbocycles. The van der Waals surface area contributed by atoms with Crippen molar-refractivity contribution in [2.75, 3.05) is 26.2 Å². The highest BCUT2D eigenvalue weighted by molar-refractivity contribution is 5.85. The SMILES string of the molecule is CC(C)(N)C(=O)N1CCN(Cc2cn3ccccc3n2)CC1. The minimum atomic E-state index is -0.788. The van der Waals surface area contributed by atoms with Crippen LogP contribution in [0.15, 0.2) is 30.6 Å². The van der Waals surface area contributed by atoms with Crippen molar-refractivity contribution in [1.82, 2.24) is 19.2 Å². The quantitative estimate of drug-likeness (QED) is 0.907. The standard InChI is InChI=1S/C16H23N5O/c1-16(2,17)15(22)20-9-7-19(8-10-20)11-13-12-21-6-4-3-5-14(21)18-13/h3-6,12H,7-11,17H2,1-2H3. The summed E-state index contributed by atoms with van der Waals surface area (Å²) >= 11 is 0. The Morgan fingerprint density at radius 2 is 2.00 bits per heavy atom. The van der Waals surface area contributed by atoms with E-state index in [1.165, 1.54) is 0 Å². The molecule has 0 unspecified atom stereocenters. The Labute approximate surface area is 130 Å². The highest BCUT2D eigenvalue weighted by Crippen LogP contribution is 2.12. The number of carbonyl (C=O) groups excluding carboxylic acids is 1. The van der Waals surface area contributed by atoms with E-state index in [1.807, 2.05) is 33.7 Å². The Balaban J connectivity index is 1.59. The van der Waals surface area contributed by atoms with Gasteiger partial charge in [-0.2, -0.15) is 0 Å². The monoisotopic (exact) mass is 301 g/mol. The molecule has 3 rings (SSSR count). The Morgan fingerprint density at radius 1 is 1.27 bits per heavy atom. The average molecular weight is 301 g/mol. The van der Waals surface area contributed by atoms with Crippen LogP contribution in [-0.2, 0) is 11.3 Å². The lowest BCUT2D eigenvalue weighted by Gasteiger charge is -2.37. The predicted molar refractivity (Wildman–Crippen MR) is 85.3 cm³/mol. The molecule has 0 aromatic carbocycles. The third kappa shape index (κ3) is 3.13. The van der Waals surface area contributed by atoms with Crippen LogP contribution in [0.4, 0.5) is 0 Å². The zero-order valence-corrected chi connectivity index (χ0v) is 13.2. The molecule has 2 aromatic rings. The summed E-state index contributed by atoms with van der Waals surface area (Å²) in [7, 11) is 0. The van der Waals surface area contributed by atoms with Crippen molar-refractivity contribution in [3.05, 3.63) is 36.3 Å². The van der Waals surface area contributed by atoms with Crippen LogP contribution in [0.2, 0.25) is 0 Å². The van der Waals surface area contributed by atoms with Crippen LogP contribution in [0.1, 0.15) is 19.5 Å². The second-order valence-corrected chi connectivity index (χ2v) is 6.49. The van der Waals surface area contributed by atoms with Gasteiger partial charge < -0.3 is 15.0 Å². The van der Waals surface area contributed by atoms with E-state index in [1.54, 1.807) is 13.8 Å². The number of carbonyl (C=O) groups is 1. The molecule has 0 spiro atoms. The number of nitrogens with two attached hydrogens (primary N) is 1. The molecule has 1 aliphatic rings. The number of piperazine rings is 1. The van der Waals surface area contributed by atoms with Gasteiger partial charge in [0.05, 0.1) is 11.2 Å². The summed E-state index contributed by atoms with van der Waals surface area (Å²) in [6.45, 7) is 7.51. The minimum Gasteiger partial charge on any atom is -0.339 e. The van der Waals surface area contributed by atoms with Gasteiger partial charge in [-0.3, -0.25) is 9.69 Å². The average Bonchev–Trinajstić information content (AvgIpc) is 2.88. The van der Waals surface area contributed by atoms with Crippen molar-refractivity contribution in [1.29, 1.82) is 0 Å². The molecule has 1 aliphatic heterocycles. The van der Waals surface area contributed by atoms with Gasteiger partial charge in [0, 0.05) is 45.1 Å². The molecular formula is C16H23N5O. The largest absolute Gasteiger partial charge is 0.339 e. The van der Waals surface area contributed by atoms with Crippen molar-refractivity contribution in [3.8, 4) is 0 Å². The Bertz CT molecular complexity index is 631. The Hall–Kier alpha value is -1.92. The third-order valence-corrected chi connectivity index (χ3v) is 4.01. The number of amides is 1. The molecule has 2 N–H and O–H groups in total. The fraction of sp³-hybridized carbons (Fsp3) is 0.500. The van der Waals surface area contributed by atoms with E-state index >= 15 is 0 Å². The van der Waals surface area contributed by atoms with Gasteiger partial charge in [0.25, 0.3) is 0 Å². The molecule has 3 heterocycles. The topological polar surface area (TPSA) is 66.9 Å². The number of aromatic nitrogens is 2. The maximum absolute atomic E-state index is 12.2. The smallest absolute Gasteiger partial charge is 0.242 e. The van der Waals surface area contributed by atoms with Gasteiger partial charge in [-0.05, 0) is 26.0 Å². The van der Waals surface area contributed by atoms with Crippen molar-refractivity contribution in [2.24, 2.45) is 5.73 Å². The van der Waals surface area contributed by atoms with Crippen molar-refractivity contribution in [3.63, 3.8) is 0 Å². The molecule has 0 radical (unpaired) electrons. The van der Waals surface area contributed by atoms with Crippen LogP contribution in [0.3, 0.4) is 0 Å². The van der Waals surface area contributed by atoms with Crippen LogP contribution in [0.5, 0.6) is 0 Å². The number of rotatable bonds is 3. The van der Waals surface area contributed by atoms with E-state index in [9.17, 15) is 4.79 Å². The third-order valence-electron chi connectivity index (χ3n) is 4.01. The van der Waals surface area contributed by atoms with E-state index in [2.05, 4.69) is 16.1 Å². The predicted octanol–water partition coefficient (Wildman–Crippen LogP) is 0.716. The minimum absolute atomic E-state index is 0.0277. The first kappa shape index (κ1) is 15.0. The normalized spacial score (nSPS) is 17.1. The highest BCUT2D eigenvalue weighted by Gasteiger charge is 2.30. The lowest BCUT2D eigenvalue weighted by atomic mass is 10.0. The molecule has 2 aromatic heterocycles. The first-order chi connectivity index (χ1) is 10.4. The molecule has 0 bridgehead atoms. The molecule has 1 fully saturated rings. The van der Waals surface area contributed by atoms with Gasteiger partial charge in [-0.15, -0.1) is 0 Å². The van der Waals surface area contributed by atoms with Crippen molar-refractivity contribution in [2.45, 2.75) is 25.9 Å². The van der Waals surface area contributed by atoms with Crippen LogP contribution in [0, 0.1) is 0 Å². The van der Waals surface area contributed by atoms with Crippen molar-refractivity contribution < 1.29 is 4.79 Å². The summed E-state index contributed by atoms with van der Waals surface area (Å²) in [5.41, 5.74) is 7.13. The summed E-state index contributed by atoms with van der Waals surface area (Å²) in [6, 6.07) is 5.99. The highest BCUT2D eigenvalue weighted by atomic mass is 16.2. The van der Waals surface area contributed by atoms with E-state index < -0.39 is 5.54 Å². The summed E-state index contributed by atoms with van der Waals surface area (Å²) < 4.78 is 2.03. The first-order valence-corrected chi connectivity index (χ1v) is 7.67.